The molecule has 7 nitrogen and oxygen atoms in total. The van der Waals surface area contributed by atoms with Crippen LogP contribution in [-0.2, 0) is 9.53 Å². The molecule has 0 fully saturated rings. The monoisotopic (exact) mass is 548 g/mol. The number of nitrogens with zero attached hydrogens (tertiary/aromatic N) is 2. The van der Waals surface area contributed by atoms with E-state index in [0.29, 0.717) is 48.5 Å². The summed E-state index contributed by atoms with van der Waals surface area (Å²) in [6.07, 6.45) is 1.70. The smallest absolute Gasteiger partial charge is 0.338 e. The summed E-state index contributed by atoms with van der Waals surface area (Å²) in [7, 11) is 1.56. The Labute approximate surface area is 227 Å². The van der Waals surface area contributed by atoms with E-state index in [0.717, 1.165) is 11.1 Å². The molecule has 194 valence electrons. The second-order valence-corrected chi connectivity index (χ2v) is 10.2. The molecule has 1 atom stereocenters. The molecule has 1 unspecified atom stereocenters. The van der Waals surface area contributed by atoms with Gasteiger partial charge in [-0.25, -0.2) is 9.79 Å². The Hall–Kier alpha value is -3.88. The van der Waals surface area contributed by atoms with E-state index >= 15 is 0 Å². The topological polar surface area (TPSA) is 83.0 Å². The lowest BCUT2D eigenvalue weighted by atomic mass is 9.95. The number of rotatable bonds is 6. The number of aryl methyl sites for hydroxylation is 1. The number of furan rings is 1. The van der Waals surface area contributed by atoms with Gasteiger partial charge in [-0.2, -0.15) is 0 Å². The maximum atomic E-state index is 13.8. The van der Waals surface area contributed by atoms with Crippen LogP contribution in [0.2, 0.25) is 5.02 Å². The van der Waals surface area contributed by atoms with Gasteiger partial charge in [0.05, 0.1) is 29.5 Å². The van der Waals surface area contributed by atoms with Crippen LogP contribution in [0.1, 0.15) is 36.8 Å². The molecule has 0 N–H and O–H groups in total. The van der Waals surface area contributed by atoms with Gasteiger partial charge in [0, 0.05) is 22.2 Å². The molecule has 4 aromatic rings. The van der Waals surface area contributed by atoms with E-state index in [1.165, 1.54) is 15.9 Å². The molecule has 0 amide bonds. The van der Waals surface area contributed by atoms with Crippen LogP contribution < -0.4 is 19.6 Å². The summed E-state index contributed by atoms with van der Waals surface area (Å²) in [5, 5.41) is 0.654. The molecule has 0 saturated heterocycles. The molecular formula is C29H25ClN2O5S. The Kier molecular flexibility index (Phi) is 7.10. The van der Waals surface area contributed by atoms with Crippen molar-refractivity contribution in [2.45, 2.75) is 26.8 Å². The number of halogens is 1. The third kappa shape index (κ3) is 4.61. The summed E-state index contributed by atoms with van der Waals surface area (Å²) in [5.41, 5.74) is 3.07. The SMILES string of the molecule is CCOC(=O)C1=C(C)N=c2sc(=Cc3ccc(-c4ccc(Cl)cc4C)o3)c(=O)n2C1c1ccccc1OC. The number of esters is 1. The van der Waals surface area contributed by atoms with Gasteiger partial charge in [0.2, 0.25) is 0 Å². The fourth-order valence-corrected chi connectivity index (χ4v) is 5.84. The first-order chi connectivity index (χ1) is 18.3. The van der Waals surface area contributed by atoms with Gasteiger partial charge in [0.15, 0.2) is 4.80 Å². The number of hydrogen-bond acceptors (Lipinski definition) is 7. The fourth-order valence-electron chi connectivity index (χ4n) is 4.59. The number of methoxy groups -OCH3 is 1. The van der Waals surface area contributed by atoms with Crippen LogP contribution in [0.4, 0.5) is 0 Å². The molecule has 0 radical (unpaired) electrons. The highest BCUT2D eigenvalue weighted by atomic mass is 35.5. The first kappa shape index (κ1) is 25.8. The lowest BCUT2D eigenvalue weighted by molar-refractivity contribution is -0.139. The normalized spacial score (nSPS) is 15.3. The Morgan fingerprint density at radius 2 is 1.97 bits per heavy atom. The second kappa shape index (κ2) is 10.5. The molecule has 0 bridgehead atoms. The van der Waals surface area contributed by atoms with Gasteiger partial charge in [-0.15, -0.1) is 0 Å². The Morgan fingerprint density at radius 3 is 2.71 bits per heavy atom. The minimum absolute atomic E-state index is 0.201. The molecule has 0 spiro atoms. The first-order valence-corrected chi connectivity index (χ1v) is 13.2. The zero-order chi connectivity index (χ0) is 27.0. The number of carbonyl (C=O) groups is 1. The molecule has 9 heteroatoms. The highest BCUT2D eigenvalue weighted by molar-refractivity contribution is 7.07. The minimum atomic E-state index is -0.757. The third-order valence-corrected chi connectivity index (χ3v) is 7.52. The number of aromatic nitrogens is 1. The highest BCUT2D eigenvalue weighted by Gasteiger charge is 2.35. The predicted molar refractivity (Wildman–Crippen MR) is 147 cm³/mol. The molecule has 38 heavy (non-hydrogen) atoms. The maximum Gasteiger partial charge on any atom is 0.338 e. The lowest BCUT2D eigenvalue weighted by Gasteiger charge is -2.25. The summed E-state index contributed by atoms with van der Waals surface area (Å²) in [5.74, 6) is 1.23. The zero-order valence-electron chi connectivity index (χ0n) is 21.3. The highest BCUT2D eigenvalue weighted by Crippen LogP contribution is 2.35. The van der Waals surface area contributed by atoms with Gasteiger partial charge in [-0.3, -0.25) is 9.36 Å². The van der Waals surface area contributed by atoms with Crippen molar-refractivity contribution in [3.63, 3.8) is 0 Å². The van der Waals surface area contributed by atoms with Gasteiger partial charge >= 0.3 is 5.97 Å². The lowest BCUT2D eigenvalue weighted by Crippen LogP contribution is -2.40. The first-order valence-electron chi connectivity index (χ1n) is 12.0. The molecule has 0 aliphatic carbocycles. The van der Waals surface area contributed by atoms with E-state index in [1.54, 1.807) is 33.1 Å². The van der Waals surface area contributed by atoms with Gasteiger partial charge in [-0.05, 0) is 62.7 Å². The van der Waals surface area contributed by atoms with Gasteiger partial charge in [-0.1, -0.05) is 41.1 Å². The molecule has 1 aliphatic heterocycles. The quantitative estimate of drug-likeness (QED) is 0.316. The van der Waals surface area contributed by atoms with Crippen molar-refractivity contribution in [2.24, 2.45) is 4.99 Å². The standard InChI is InChI=1S/C29H25ClN2O5S/c1-5-36-28(34)25-17(3)31-29-32(26(25)21-8-6-7-9-22(21)35-4)27(33)24(38-29)15-19-11-13-23(37-19)20-12-10-18(30)14-16(20)2/h6-15,26H,5H2,1-4H3. The second-order valence-electron chi connectivity index (χ2n) is 8.71. The van der Waals surface area contributed by atoms with E-state index in [9.17, 15) is 9.59 Å². The molecule has 0 saturated carbocycles. The average molecular weight is 549 g/mol. The number of para-hydroxylation sites is 1. The van der Waals surface area contributed by atoms with Crippen molar-refractivity contribution in [3.8, 4) is 17.1 Å². The van der Waals surface area contributed by atoms with E-state index in [-0.39, 0.29) is 12.2 Å². The van der Waals surface area contributed by atoms with Crippen LogP contribution in [0.15, 0.2) is 80.1 Å². The molecule has 2 aromatic heterocycles. The number of benzene rings is 2. The van der Waals surface area contributed by atoms with Crippen LogP contribution in [0.3, 0.4) is 0 Å². The number of hydrogen-bond donors (Lipinski definition) is 0. The summed E-state index contributed by atoms with van der Waals surface area (Å²) in [6, 6.07) is 15.8. The summed E-state index contributed by atoms with van der Waals surface area (Å²) in [6.45, 7) is 5.65. The predicted octanol–water partition coefficient (Wildman–Crippen LogP) is 5.03. The molecule has 1 aliphatic rings. The van der Waals surface area contributed by atoms with Crippen LogP contribution in [0, 0.1) is 6.92 Å². The number of fused-ring (bicyclic) bond motifs is 1. The van der Waals surface area contributed by atoms with Crippen LogP contribution in [-0.4, -0.2) is 24.3 Å². The van der Waals surface area contributed by atoms with Crippen molar-refractivity contribution >= 4 is 35.0 Å². The maximum absolute atomic E-state index is 13.8. The number of thiazole rings is 1. The molecular weight excluding hydrogens is 524 g/mol. The van der Waals surface area contributed by atoms with Gasteiger partial charge in [0.25, 0.3) is 5.56 Å². The number of ether oxygens (including phenoxy) is 2. The Balaban J connectivity index is 1.66. The number of allylic oxidation sites excluding steroid dienone is 1. The molecule has 2 aromatic carbocycles. The van der Waals surface area contributed by atoms with Gasteiger partial charge in [0.1, 0.15) is 23.3 Å². The van der Waals surface area contributed by atoms with Crippen molar-refractivity contribution in [3.05, 3.63) is 107 Å². The molecule has 3 heterocycles. The van der Waals surface area contributed by atoms with Crippen molar-refractivity contribution in [1.82, 2.24) is 4.57 Å². The van der Waals surface area contributed by atoms with Crippen LogP contribution in [0.5, 0.6) is 5.75 Å². The third-order valence-electron chi connectivity index (χ3n) is 6.30. The van der Waals surface area contributed by atoms with Crippen LogP contribution >= 0.6 is 22.9 Å². The Morgan fingerprint density at radius 1 is 1.18 bits per heavy atom. The summed E-state index contributed by atoms with van der Waals surface area (Å²) >= 11 is 7.33. The van der Waals surface area contributed by atoms with E-state index in [1.807, 2.05) is 55.5 Å². The van der Waals surface area contributed by atoms with E-state index < -0.39 is 12.0 Å². The summed E-state index contributed by atoms with van der Waals surface area (Å²) < 4.78 is 19.0. The van der Waals surface area contributed by atoms with E-state index in [2.05, 4.69) is 4.99 Å². The number of carbonyl (C=O) groups excluding carboxylic acids is 1. The zero-order valence-corrected chi connectivity index (χ0v) is 22.9. The Bertz CT molecular complexity index is 1760. The van der Waals surface area contributed by atoms with Crippen molar-refractivity contribution < 1.29 is 18.7 Å². The van der Waals surface area contributed by atoms with Crippen molar-refractivity contribution in [1.29, 1.82) is 0 Å². The van der Waals surface area contributed by atoms with Crippen molar-refractivity contribution in [2.75, 3.05) is 13.7 Å². The fraction of sp³-hybridized carbons (Fsp3) is 0.207. The minimum Gasteiger partial charge on any atom is -0.496 e. The average Bonchev–Trinajstić information content (AvgIpc) is 3.47. The summed E-state index contributed by atoms with van der Waals surface area (Å²) in [4.78, 5) is 32.0. The molecule has 5 rings (SSSR count). The van der Waals surface area contributed by atoms with Gasteiger partial charge < -0.3 is 13.9 Å². The van der Waals surface area contributed by atoms with Crippen LogP contribution in [0.25, 0.3) is 17.4 Å². The largest absolute Gasteiger partial charge is 0.496 e. The van der Waals surface area contributed by atoms with E-state index in [4.69, 9.17) is 25.5 Å².